The number of halogens is 1. The van der Waals surface area contributed by atoms with Gasteiger partial charge in [-0.3, -0.25) is 0 Å². The number of nitrogens with zero attached hydrogens (tertiary/aromatic N) is 1. The van der Waals surface area contributed by atoms with Crippen LogP contribution >= 0.6 is 15.9 Å². The topological polar surface area (TPSA) is 0 Å². The van der Waals surface area contributed by atoms with Gasteiger partial charge in [0, 0.05) is 6.42 Å². The van der Waals surface area contributed by atoms with Gasteiger partial charge in [-0.25, -0.2) is 0 Å². The van der Waals surface area contributed by atoms with Gasteiger partial charge in [-0.05, 0) is 22.4 Å². The molecule has 56 valence electrons. The van der Waals surface area contributed by atoms with Gasteiger partial charge in [0.1, 0.15) is 4.95 Å². The summed E-state index contributed by atoms with van der Waals surface area (Å²) in [5.74, 6) is 0. The van der Waals surface area contributed by atoms with Gasteiger partial charge in [0.05, 0.1) is 21.1 Å². The standard InChI is InChI=1S/C7H17BrN/c1-5-6-7(8)9(2,3)4/h7H,5-6H2,1-4H3/q+1. The van der Waals surface area contributed by atoms with Crippen LogP contribution in [0.2, 0.25) is 0 Å². The minimum absolute atomic E-state index is 0.613. The second-order valence-electron chi connectivity index (χ2n) is 3.34. The van der Waals surface area contributed by atoms with Gasteiger partial charge in [0.25, 0.3) is 0 Å². The van der Waals surface area contributed by atoms with Crippen LogP contribution in [0.3, 0.4) is 0 Å². The SMILES string of the molecule is CCCC(Br)[N+](C)(C)C. The first-order chi connectivity index (χ1) is 3.98. The lowest BCUT2D eigenvalue weighted by molar-refractivity contribution is -0.879. The van der Waals surface area contributed by atoms with Crippen molar-refractivity contribution in [1.82, 2.24) is 0 Å². The Bertz CT molecular complexity index is 75.5. The highest BCUT2D eigenvalue weighted by molar-refractivity contribution is 9.09. The Kier molecular flexibility index (Phi) is 3.74. The first-order valence-electron chi connectivity index (χ1n) is 3.43. The molecule has 0 spiro atoms. The lowest BCUT2D eigenvalue weighted by Gasteiger charge is -2.29. The molecule has 9 heavy (non-hydrogen) atoms. The molecule has 0 aromatic rings. The molecule has 0 rings (SSSR count). The van der Waals surface area contributed by atoms with Crippen molar-refractivity contribution in [3.8, 4) is 0 Å². The third-order valence-electron chi connectivity index (χ3n) is 1.37. The van der Waals surface area contributed by atoms with E-state index in [2.05, 4.69) is 44.0 Å². The maximum absolute atomic E-state index is 3.63. The van der Waals surface area contributed by atoms with E-state index in [0.29, 0.717) is 4.95 Å². The zero-order valence-electron chi connectivity index (χ0n) is 6.82. The summed E-state index contributed by atoms with van der Waals surface area (Å²) in [6, 6.07) is 0. The van der Waals surface area contributed by atoms with Crippen LogP contribution in [0.15, 0.2) is 0 Å². The van der Waals surface area contributed by atoms with Crippen molar-refractivity contribution in [3.63, 3.8) is 0 Å². The quantitative estimate of drug-likeness (QED) is 0.368. The number of alkyl halides is 1. The number of hydrogen-bond donors (Lipinski definition) is 0. The van der Waals surface area contributed by atoms with Crippen molar-refractivity contribution in [2.45, 2.75) is 24.7 Å². The second kappa shape index (κ2) is 3.57. The summed E-state index contributed by atoms with van der Waals surface area (Å²) in [7, 11) is 6.61. The third kappa shape index (κ3) is 3.93. The molecule has 0 amide bonds. The summed E-state index contributed by atoms with van der Waals surface area (Å²) in [5, 5.41) is 0. The first-order valence-corrected chi connectivity index (χ1v) is 4.35. The molecule has 0 saturated carbocycles. The van der Waals surface area contributed by atoms with Crippen molar-refractivity contribution in [3.05, 3.63) is 0 Å². The van der Waals surface area contributed by atoms with Crippen LogP contribution in [-0.4, -0.2) is 30.6 Å². The lowest BCUT2D eigenvalue weighted by atomic mass is 10.3. The van der Waals surface area contributed by atoms with Gasteiger partial charge < -0.3 is 4.48 Å². The minimum atomic E-state index is 0.613. The van der Waals surface area contributed by atoms with Crippen LogP contribution in [0.25, 0.3) is 0 Å². The largest absolute Gasteiger partial charge is 0.320 e. The molecule has 1 nitrogen and oxygen atoms in total. The molecule has 0 aromatic carbocycles. The Morgan fingerprint density at radius 2 is 1.78 bits per heavy atom. The van der Waals surface area contributed by atoms with E-state index in [1.807, 2.05) is 0 Å². The van der Waals surface area contributed by atoms with E-state index in [1.165, 1.54) is 12.8 Å². The van der Waals surface area contributed by atoms with Crippen LogP contribution in [0.1, 0.15) is 19.8 Å². The van der Waals surface area contributed by atoms with E-state index < -0.39 is 0 Å². The normalized spacial score (nSPS) is 15.7. The van der Waals surface area contributed by atoms with E-state index >= 15 is 0 Å². The predicted molar refractivity (Wildman–Crippen MR) is 45.7 cm³/mol. The Morgan fingerprint density at radius 1 is 1.33 bits per heavy atom. The summed E-state index contributed by atoms with van der Waals surface area (Å²) in [6.45, 7) is 2.21. The van der Waals surface area contributed by atoms with Crippen molar-refractivity contribution < 1.29 is 4.48 Å². The molecule has 0 radical (unpaired) electrons. The van der Waals surface area contributed by atoms with Crippen molar-refractivity contribution >= 4 is 15.9 Å². The zero-order valence-corrected chi connectivity index (χ0v) is 8.40. The molecule has 0 bridgehead atoms. The summed E-state index contributed by atoms with van der Waals surface area (Å²) >= 11 is 3.63. The van der Waals surface area contributed by atoms with Gasteiger partial charge in [-0.1, -0.05) is 6.92 Å². The van der Waals surface area contributed by atoms with E-state index in [9.17, 15) is 0 Å². The average Bonchev–Trinajstić information content (AvgIpc) is 1.64. The summed E-state index contributed by atoms with van der Waals surface area (Å²) < 4.78 is 1.01. The van der Waals surface area contributed by atoms with Crippen molar-refractivity contribution in [1.29, 1.82) is 0 Å². The Hall–Kier alpha value is 0.440. The zero-order chi connectivity index (χ0) is 7.49. The van der Waals surface area contributed by atoms with Crippen LogP contribution in [0.4, 0.5) is 0 Å². The van der Waals surface area contributed by atoms with E-state index in [4.69, 9.17) is 0 Å². The number of quaternary nitrogens is 1. The molecule has 0 aliphatic rings. The predicted octanol–water partition coefficient (Wildman–Crippen LogP) is 2.21. The molecule has 0 heterocycles. The van der Waals surface area contributed by atoms with Gasteiger partial charge >= 0.3 is 0 Å². The monoisotopic (exact) mass is 194 g/mol. The Labute approximate surface area is 66.8 Å². The number of hydrogen-bond acceptors (Lipinski definition) is 0. The van der Waals surface area contributed by atoms with Crippen LogP contribution in [0.5, 0.6) is 0 Å². The second-order valence-corrected chi connectivity index (χ2v) is 4.40. The molecular formula is C7H17BrN+. The molecule has 1 unspecified atom stereocenters. The maximum Gasteiger partial charge on any atom is 0.143 e. The summed E-state index contributed by atoms with van der Waals surface area (Å²) in [4.78, 5) is 0.613. The van der Waals surface area contributed by atoms with Crippen LogP contribution < -0.4 is 0 Å². The molecule has 0 saturated heterocycles. The van der Waals surface area contributed by atoms with Crippen LogP contribution in [0, 0.1) is 0 Å². The molecule has 0 fully saturated rings. The van der Waals surface area contributed by atoms with Gasteiger partial charge in [0.2, 0.25) is 0 Å². The highest BCUT2D eigenvalue weighted by atomic mass is 79.9. The molecule has 0 aromatic heterocycles. The van der Waals surface area contributed by atoms with Gasteiger partial charge in [0.15, 0.2) is 0 Å². The van der Waals surface area contributed by atoms with E-state index in [0.717, 1.165) is 4.48 Å². The highest BCUT2D eigenvalue weighted by Crippen LogP contribution is 2.15. The fraction of sp³-hybridized carbons (Fsp3) is 1.00. The molecular weight excluding hydrogens is 178 g/mol. The maximum atomic E-state index is 3.63. The molecule has 0 aliphatic carbocycles. The summed E-state index contributed by atoms with van der Waals surface area (Å²) in [5.41, 5.74) is 0. The van der Waals surface area contributed by atoms with E-state index in [1.54, 1.807) is 0 Å². The first kappa shape index (κ1) is 9.44. The molecule has 0 aliphatic heterocycles. The Balaban J connectivity index is 3.59. The Morgan fingerprint density at radius 3 is 1.89 bits per heavy atom. The lowest BCUT2D eigenvalue weighted by Crippen LogP contribution is -2.41. The van der Waals surface area contributed by atoms with Crippen molar-refractivity contribution in [2.24, 2.45) is 0 Å². The third-order valence-corrected chi connectivity index (χ3v) is 3.05. The molecule has 2 heteroatoms. The fourth-order valence-electron chi connectivity index (χ4n) is 0.626. The molecule has 1 atom stereocenters. The van der Waals surface area contributed by atoms with Crippen molar-refractivity contribution in [2.75, 3.05) is 21.1 Å². The molecule has 0 N–H and O–H groups in total. The fourth-order valence-corrected chi connectivity index (χ4v) is 1.08. The van der Waals surface area contributed by atoms with E-state index in [-0.39, 0.29) is 0 Å². The number of rotatable bonds is 3. The minimum Gasteiger partial charge on any atom is -0.320 e. The average molecular weight is 195 g/mol. The smallest absolute Gasteiger partial charge is 0.143 e. The highest BCUT2D eigenvalue weighted by Gasteiger charge is 2.17. The van der Waals surface area contributed by atoms with Crippen LogP contribution in [-0.2, 0) is 0 Å². The van der Waals surface area contributed by atoms with Gasteiger partial charge in [-0.15, -0.1) is 0 Å². The van der Waals surface area contributed by atoms with Gasteiger partial charge in [-0.2, -0.15) is 0 Å². The summed E-state index contributed by atoms with van der Waals surface area (Å²) in [6.07, 6.45) is 2.51.